The lowest BCUT2D eigenvalue weighted by Crippen LogP contribution is -2.15. The van der Waals surface area contributed by atoms with E-state index in [9.17, 15) is 9.18 Å². The second kappa shape index (κ2) is 5.96. The summed E-state index contributed by atoms with van der Waals surface area (Å²) in [6, 6.07) is 6.42. The average Bonchev–Trinajstić information content (AvgIpc) is 2.91. The number of carbonyl (C=O) groups is 1. The maximum atomic E-state index is 13.3. The number of pyridine rings is 2. The zero-order chi connectivity index (χ0) is 16.4. The minimum atomic E-state index is -0.434. The Kier molecular flexibility index (Phi) is 3.84. The number of hydrogen-bond acceptors (Lipinski definition) is 4. The Morgan fingerprint density at radius 2 is 2.04 bits per heavy atom. The quantitative estimate of drug-likeness (QED) is 0.807. The van der Waals surface area contributed by atoms with E-state index in [0.717, 1.165) is 6.20 Å². The topological polar surface area (TPSA) is 72.7 Å². The molecule has 1 N–H and O–H groups in total. The first kappa shape index (κ1) is 14.8. The molecule has 0 atom stereocenters. The highest BCUT2D eigenvalue weighted by molar-refractivity contribution is 6.03. The number of halogens is 1. The van der Waals surface area contributed by atoms with Gasteiger partial charge in [-0.1, -0.05) is 0 Å². The van der Waals surface area contributed by atoms with Crippen LogP contribution in [-0.4, -0.2) is 25.7 Å². The number of nitrogens with one attached hydrogen (secondary N) is 1. The van der Waals surface area contributed by atoms with Gasteiger partial charge in [0.25, 0.3) is 5.91 Å². The van der Waals surface area contributed by atoms with E-state index in [1.54, 1.807) is 43.0 Å². The first-order valence-corrected chi connectivity index (χ1v) is 6.92. The van der Waals surface area contributed by atoms with E-state index in [0.29, 0.717) is 22.6 Å². The SMILES string of the molecule is Cc1cc(-c2cncc(F)c2)cc(C(=O)Nc2ccn(C)n2)n1. The van der Waals surface area contributed by atoms with Crippen molar-refractivity contribution in [3.05, 3.63) is 60.1 Å². The smallest absolute Gasteiger partial charge is 0.275 e. The van der Waals surface area contributed by atoms with Gasteiger partial charge in [-0.25, -0.2) is 9.37 Å². The summed E-state index contributed by atoms with van der Waals surface area (Å²) in [5.41, 5.74) is 2.14. The molecule has 0 aromatic carbocycles. The fourth-order valence-corrected chi connectivity index (χ4v) is 2.18. The van der Waals surface area contributed by atoms with Crippen LogP contribution in [0.4, 0.5) is 10.2 Å². The van der Waals surface area contributed by atoms with Gasteiger partial charge in [0.05, 0.1) is 6.20 Å². The predicted molar refractivity (Wildman–Crippen MR) is 83.3 cm³/mol. The molecule has 3 heterocycles. The summed E-state index contributed by atoms with van der Waals surface area (Å²) >= 11 is 0. The number of anilines is 1. The summed E-state index contributed by atoms with van der Waals surface area (Å²) in [6.45, 7) is 1.77. The van der Waals surface area contributed by atoms with Crippen LogP contribution in [0.3, 0.4) is 0 Å². The maximum Gasteiger partial charge on any atom is 0.275 e. The van der Waals surface area contributed by atoms with Crippen LogP contribution in [0.2, 0.25) is 0 Å². The lowest BCUT2D eigenvalue weighted by atomic mass is 10.1. The first-order valence-electron chi connectivity index (χ1n) is 6.92. The molecule has 0 unspecified atom stereocenters. The van der Waals surface area contributed by atoms with Gasteiger partial charge in [-0.05, 0) is 30.7 Å². The highest BCUT2D eigenvalue weighted by atomic mass is 19.1. The molecule has 0 spiro atoms. The molecule has 116 valence electrons. The van der Waals surface area contributed by atoms with E-state index >= 15 is 0 Å². The van der Waals surface area contributed by atoms with Crippen molar-refractivity contribution in [3.63, 3.8) is 0 Å². The summed E-state index contributed by atoms with van der Waals surface area (Å²) < 4.78 is 14.9. The lowest BCUT2D eigenvalue weighted by Gasteiger charge is -2.07. The molecule has 0 radical (unpaired) electrons. The van der Waals surface area contributed by atoms with Crippen molar-refractivity contribution in [1.29, 1.82) is 0 Å². The van der Waals surface area contributed by atoms with Gasteiger partial charge in [0, 0.05) is 36.8 Å². The molecule has 3 aromatic heterocycles. The highest BCUT2D eigenvalue weighted by Gasteiger charge is 2.12. The number of carbonyl (C=O) groups excluding carboxylic acids is 1. The Balaban J connectivity index is 1.92. The molecular weight excluding hydrogens is 297 g/mol. The fraction of sp³-hybridized carbons (Fsp3) is 0.125. The van der Waals surface area contributed by atoms with Crippen LogP contribution in [0, 0.1) is 12.7 Å². The van der Waals surface area contributed by atoms with Crippen molar-refractivity contribution >= 4 is 11.7 Å². The molecular formula is C16H14FN5O. The van der Waals surface area contributed by atoms with Crippen LogP contribution in [0.15, 0.2) is 42.9 Å². The molecule has 0 saturated heterocycles. The average molecular weight is 311 g/mol. The third-order valence-corrected chi connectivity index (χ3v) is 3.18. The van der Waals surface area contributed by atoms with Gasteiger partial charge >= 0.3 is 0 Å². The Bertz CT molecular complexity index is 874. The zero-order valence-corrected chi connectivity index (χ0v) is 12.6. The van der Waals surface area contributed by atoms with Crippen molar-refractivity contribution in [2.45, 2.75) is 6.92 Å². The zero-order valence-electron chi connectivity index (χ0n) is 12.6. The molecule has 0 fully saturated rings. The van der Waals surface area contributed by atoms with Crippen molar-refractivity contribution in [2.24, 2.45) is 7.05 Å². The number of amides is 1. The van der Waals surface area contributed by atoms with Gasteiger partial charge in [-0.3, -0.25) is 14.5 Å². The monoisotopic (exact) mass is 311 g/mol. The van der Waals surface area contributed by atoms with E-state index in [2.05, 4.69) is 20.4 Å². The number of aromatic nitrogens is 4. The largest absolute Gasteiger partial charge is 0.304 e. The van der Waals surface area contributed by atoms with E-state index < -0.39 is 5.82 Å². The molecule has 3 rings (SSSR count). The van der Waals surface area contributed by atoms with Crippen LogP contribution in [-0.2, 0) is 7.05 Å². The van der Waals surface area contributed by atoms with Gasteiger partial charge in [0.1, 0.15) is 11.5 Å². The van der Waals surface area contributed by atoms with Crippen LogP contribution in [0.5, 0.6) is 0 Å². The van der Waals surface area contributed by atoms with E-state index in [4.69, 9.17) is 0 Å². The number of hydrogen-bond donors (Lipinski definition) is 1. The van der Waals surface area contributed by atoms with Gasteiger partial charge in [-0.2, -0.15) is 5.10 Å². The van der Waals surface area contributed by atoms with Crippen molar-refractivity contribution in [2.75, 3.05) is 5.32 Å². The molecule has 6 nitrogen and oxygen atoms in total. The Labute approximate surface area is 132 Å². The Morgan fingerprint density at radius 3 is 2.74 bits per heavy atom. The summed E-state index contributed by atoms with van der Waals surface area (Å²) in [4.78, 5) is 20.4. The van der Waals surface area contributed by atoms with E-state index in [1.807, 2.05) is 0 Å². The molecule has 3 aromatic rings. The minimum Gasteiger partial charge on any atom is -0.304 e. The second-order valence-electron chi connectivity index (χ2n) is 5.10. The van der Waals surface area contributed by atoms with Crippen molar-refractivity contribution in [3.8, 4) is 11.1 Å². The number of aryl methyl sites for hydroxylation is 2. The molecule has 23 heavy (non-hydrogen) atoms. The Morgan fingerprint density at radius 1 is 1.22 bits per heavy atom. The third kappa shape index (κ3) is 3.39. The second-order valence-corrected chi connectivity index (χ2v) is 5.10. The molecule has 1 amide bonds. The molecule has 0 saturated carbocycles. The van der Waals surface area contributed by atoms with E-state index in [-0.39, 0.29) is 11.6 Å². The third-order valence-electron chi connectivity index (χ3n) is 3.18. The summed E-state index contributed by atoms with van der Waals surface area (Å²) in [6.07, 6.45) is 4.40. The standard InChI is InChI=1S/C16H14FN5O/c1-10-5-11(12-6-13(17)9-18-8-12)7-14(19-10)16(23)20-15-3-4-22(2)21-15/h3-9H,1-2H3,(H,20,21,23). The Hall–Kier alpha value is -3.09. The highest BCUT2D eigenvalue weighted by Crippen LogP contribution is 2.21. The molecule has 0 aliphatic rings. The van der Waals surface area contributed by atoms with Gasteiger partial charge in [-0.15, -0.1) is 0 Å². The van der Waals surface area contributed by atoms with Crippen LogP contribution >= 0.6 is 0 Å². The molecule has 0 aliphatic carbocycles. The molecule has 0 aliphatic heterocycles. The fourth-order valence-electron chi connectivity index (χ4n) is 2.18. The summed E-state index contributed by atoms with van der Waals surface area (Å²) in [5.74, 6) is -0.371. The summed E-state index contributed by atoms with van der Waals surface area (Å²) in [5, 5.41) is 6.76. The minimum absolute atomic E-state index is 0.231. The van der Waals surface area contributed by atoms with Gasteiger partial charge in [0.15, 0.2) is 5.82 Å². The van der Waals surface area contributed by atoms with Gasteiger partial charge < -0.3 is 5.32 Å². The van der Waals surface area contributed by atoms with Crippen molar-refractivity contribution < 1.29 is 9.18 Å². The lowest BCUT2D eigenvalue weighted by molar-refractivity contribution is 0.102. The maximum absolute atomic E-state index is 13.3. The first-order chi connectivity index (χ1) is 11.0. The number of rotatable bonds is 3. The van der Waals surface area contributed by atoms with Crippen molar-refractivity contribution in [1.82, 2.24) is 19.7 Å². The predicted octanol–water partition coefficient (Wildman–Crippen LogP) is 2.58. The van der Waals surface area contributed by atoms with Crippen LogP contribution in [0.25, 0.3) is 11.1 Å². The molecule has 0 bridgehead atoms. The van der Waals surface area contributed by atoms with Crippen LogP contribution in [0.1, 0.15) is 16.2 Å². The normalized spacial score (nSPS) is 10.6. The molecule has 7 heteroatoms. The summed E-state index contributed by atoms with van der Waals surface area (Å²) in [7, 11) is 1.76. The van der Waals surface area contributed by atoms with E-state index in [1.165, 1.54) is 12.3 Å². The van der Waals surface area contributed by atoms with Crippen LogP contribution < -0.4 is 5.32 Å². The number of nitrogens with zero attached hydrogens (tertiary/aromatic N) is 4. The van der Waals surface area contributed by atoms with Gasteiger partial charge in [0.2, 0.25) is 0 Å².